The summed E-state index contributed by atoms with van der Waals surface area (Å²) in [4.78, 5) is 10.7. The van der Waals surface area contributed by atoms with Gasteiger partial charge in [-0.1, -0.05) is 0 Å². The molecular formula is C9H16O7. The zero-order valence-electron chi connectivity index (χ0n) is 8.78. The molecule has 1 rings (SSSR count). The summed E-state index contributed by atoms with van der Waals surface area (Å²) in [5.41, 5.74) is 0. The molecule has 0 aromatic heterocycles. The first-order valence-corrected chi connectivity index (χ1v) is 4.92. The highest BCUT2D eigenvalue weighted by atomic mass is 16.6. The third-order valence-corrected chi connectivity index (χ3v) is 2.86. The lowest BCUT2D eigenvalue weighted by molar-refractivity contribution is -0.321. The van der Waals surface area contributed by atoms with Crippen molar-refractivity contribution in [2.24, 2.45) is 5.92 Å². The second-order valence-electron chi connectivity index (χ2n) is 4.01. The zero-order chi connectivity index (χ0) is 12.5. The van der Waals surface area contributed by atoms with E-state index in [2.05, 4.69) is 0 Å². The fourth-order valence-corrected chi connectivity index (χ4v) is 1.67. The van der Waals surface area contributed by atoms with Crippen LogP contribution in [0.25, 0.3) is 0 Å². The van der Waals surface area contributed by atoms with E-state index in [1.165, 1.54) is 6.92 Å². The van der Waals surface area contributed by atoms with Crippen molar-refractivity contribution in [1.82, 2.24) is 0 Å². The van der Waals surface area contributed by atoms with E-state index in [1.54, 1.807) is 0 Å². The van der Waals surface area contributed by atoms with Crippen molar-refractivity contribution in [2.75, 3.05) is 6.61 Å². The molecule has 7 heteroatoms. The largest absolute Gasteiger partial charge is 0.481 e. The molecule has 1 fully saturated rings. The van der Waals surface area contributed by atoms with Crippen molar-refractivity contribution < 1.29 is 35.1 Å². The minimum atomic E-state index is -2.09. The monoisotopic (exact) mass is 236 g/mol. The average molecular weight is 236 g/mol. The number of aliphatic hydroxyl groups excluding tert-OH is 3. The third kappa shape index (κ3) is 2.33. The smallest absolute Gasteiger partial charge is 0.311 e. The maximum atomic E-state index is 10.7. The van der Waals surface area contributed by atoms with E-state index in [-0.39, 0.29) is 0 Å². The first-order valence-electron chi connectivity index (χ1n) is 4.92. The van der Waals surface area contributed by atoms with Crippen LogP contribution in [-0.2, 0) is 9.53 Å². The lowest BCUT2D eigenvalue weighted by Gasteiger charge is -2.43. The highest BCUT2D eigenvalue weighted by Crippen LogP contribution is 2.33. The SMILES string of the molecule is C[C@@H](C(=O)O)[C@@]1(O)C[C@@H](O)[C@H](O)[C@@H](CO)O1. The standard InChI is InChI=1S/C9H16O7/c1-4(8(13)14)9(15)2-5(11)7(12)6(3-10)16-9/h4-7,10-12,15H,2-3H2,1H3,(H,13,14)/t4-,5+,6+,7-,9+/m0/s1. The minimum Gasteiger partial charge on any atom is -0.481 e. The van der Waals surface area contributed by atoms with Gasteiger partial charge in [-0.2, -0.15) is 0 Å². The fraction of sp³-hybridized carbons (Fsp3) is 0.889. The summed E-state index contributed by atoms with van der Waals surface area (Å²) in [6.45, 7) is 0.605. The number of carboxylic acid groups (broad SMARTS) is 1. The Morgan fingerprint density at radius 3 is 2.56 bits per heavy atom. The van der Waals surface area contributed by atoms with E-state index >= 15 is 0 Å². The topological polar surface area (TPSA) is 127 Å². The molecule has 0 bridgehead atoms. The molecular weight excluding hydrogens is 220 g/mol. The molecule has 0 amide bonds. The lowest BCUT2D eigenvalue weighted by atomic mass is 9.88. The van der Waals surface area contributed by atoms with Crippen molar-refractivity contribution in [3.8, 4) is 0 Å². The van der Waals surface area contributed by atoms with Gasteiger partial charge in [0.2, 0.25) is 0 Å². The van der Waals surface area contributed by atoms with Crippen LogP contribution in [0, 0.1) is 5.92 Å². The predicted octanol–water partition coefficient (Wildman–Crippen LogP) is -2.10. The first-order chi connectivity index (χ1) is 7.31. The number of aliphatic hydroxyl groups is 4. The van der Waals surface area contributed by atoms with Gasteiger partial charge in [-0.3, -0.25) is 4.79 Å². The van der Waals surface area contributed by atoms with Crippen LogP contribution in [0.2, 0.25) is 0 Å². The minimum absolute atomic E-state index is 0.419. The van der Waals surface area contributed by atoms with E-state index in [0.29, 0.717) is 0 Å². The Kier molecular flexibility index (Phi) is 3.87. The molecule has 1 heterocycles. The maximum Gasteiger partial charge on any atom is 0.311 e. The number of carboxylic acids is 1. The van der Waals surface area contributed by atoms with E-state index in [9.17, 15) is 20.1 Å². The van der Waals surface area contributed by atoms with Gasteiger partial charge in [-0.15, -0.1) is 0 Å². The molecule has 0 spiro atoms. The molecule has 5 atom stereocenters. The number of rotatable bonds is 3. The second-order valence-corrected chi connectivity index (χ2v) is 4.01. The van der Waals surface area contributed by atoms with Gasteiger partial charge in [0.15, 0.2) is 5.79 Å². The van der Waals surface area contributed by atoms with Crippen LogP contribution in [-0.4, -0.2) is 62.2 Å². The third-order valence-electron chi connectivity index (χ3n) is 2.86. The highest BCUT2D eigenvalue weighted by molar-refractivity contribution is 5.70. The van der Waals surface area contributed by atoms with Crippen molar-refractivity contribution >= 4 is 5.97 Å². The quantitative estimate of drug-likeness (QED) is 0.379. The number of carbonyl (C=O) groups is 1. The molecule has 7 nitrogen and oxygen atoms in total. The number of ether oxygens (including phenoxy) is 1. The van der Waals surface area contributed by atoms with Crippen molar-refractivity contribution in [3.05, 3.63) is 0 Å². The molecule has 0 saturated carbocycles. The Labute approximate surface area is 91.9 Å². The van der Waals surface area contributed by atoms with Crippen LogP contribution in [0.3, 0.4) is 0 Å². The van der Waals surface area contributed by atoms with E-state index in [1.807, 2.05) is 0 Å². The van der Waals surface area contributed by atoms with E-state index in [0.717, 1.165) is 0 Å². The first kappa shape index (κ1) is 13.3. The molecule has 94 valence electrons. The van der Waals surface area contributed by atoms with Crippen LogP contribution in [0.1, 0.15) is 13.3 Å². The summed E-state index contributed by atoms with van der Waals surface area (Å²) in [6, 6.07) is 0. The summed E-state index contributed by atoms with van der Waals surface area (Å²) >= 11 is 0. The van der Waals surface area contributed by atoms with Gasteiger partial charge >= 0.3 is 5.97 Å². The van der Waals surface area contributed by atoms with Crippen LogP contribution in [0.5, 0.6) is 0 Å². The molecule has 1 aliphatic rings. The number of hydrogen-bond acceptors (Lipinski definition) is 6. The lowest BCUT2D eigenvalue weighted by Crippen LogP contribution is -2.59. The molecule has 1 saturated heterocycles. The predicted molar refractivity (Wildman–Crippen MR) is 50.3 cm³/mol. The Bertz CT molecular complexity index is 269. The van der Waals surface area contributed by atoms with Gasteiger partial charge in [-0.25, -0.2) is 0 Å². The molecule has 0 aromatic rings. The molecule has 0 aliphatic carbocycles. The summed E-state index contributed by atoms with van der Waals surface area (Å²) in [5.74, 6) is -4.65. The Hall–Kier alpha value is -0.730. The van der Waals surface area contributed by atoms with Gasteiger partial charge in [0, 0.05) is 6.42 Å². The van der Waals surface area contributed by atoms with Crippen LogP contribution < -0.4 is 0 Å². The van der Waals surface area contributed by atoms with Gasteiger partial charge in [0.05, 0.1) is 12.7 Å². The summed E-state index contributed by atoms with van der Waals surface area (Å²) in [6.07, 6.45) is -4.29. The Balaban J connectivity index is 2.86. The molecule has 0 radical (unpaired) electrons. The zero-order valence-corrected chi connectivity index (χ0v) is 8.78. The normalized spacial score (nSPS) is 41.7. The molecule has 0 aromatic carbocycles. The van der Waals surface area contributed by atoms with Crippen molar-refractivity contribution in [2.45, 2.75) is 37.4 Å². The molecule has 0 unspecified atom stereocenters. The second kappa shape index (κ2) is 4.64. The summed E-state index contributed by atoms with van der Waals surface area (Å²) in [5, 5.41) is 46.4. The van der Waals surface area contributed by atoms with E-state index < -0.39 is 49.0 Å². The van der Waals surface area contributed by atoms with E-state index in [4.69, 9.17) is 14.9 Å². The van der Waals surface area contributed by atoms with Gasteiger partial charge in [0.1, 0.15) is 18.1 Å². The fourth-order valence-electron chi connectivity index (χ4n) is 1.67. The van der Waals surface area contributed by atoms with Gasteiger partial charge < -0.3 is 30.3 Å². The Morgan fingerprint density at radius 2 is 2.12 bits per heavy atom. The Morgan fingerprint density at radius 1 is 1.56 bits per heavy atom. The summed E-state index contributed by atoms with van der Waals surface area (Å²) < 4.78 is 4.94. The molecule has 16 heavy (non-hydrogen) atoms. The van der Waals surface area contributed by atoms with Gasteiger partial charge in [-0.05, 0) is 6.92 Å². The summed E-state index contributed by atoms with van der Waals surface area (Å²) in [7, 11) is 0. The van der Waals surface area contributed by atoms with Gasteiger partial charge in [0.25, 0.3) is 0 Å². The average Bonchev–Trinajstić information content (AvgIpc) is 2.22. The number of hydrogen-bond donors (Lipinski definition) is 5. The molecule has 1 aliphatic heterocycles. The molecule has 5 N–H and O–H groups in total. The maximum absolute atomic E-state index is 10.7. The van der Waals surface area contributed by atoms with Crippen LogP contribution in [0.15, 0.2) is 0 Å². The van der Waals surface area contributed by atoms with Crippen LogP contribution >= 0.6 is 0 Å². The van der Waals surface area contributed by atoms with Crippen molar-refractivity contribution in [1.29, 1.82) is 0 Å². The van der Waals surface area contributed by atoms with Crippen molar-refractivity contribution in [3.63, 3.8) is 0 Å². The van der Waals surface area contributed by atoms with Crippen LogP contribution in [0.4, 0.5) is 0 Å². The number of aliphatic carboxylic acids is 1. The highest BCUT2D eigenvalue weighted by Gasteiger charge is 2.50.